The molecule has 0 aromatic heterocycles. The number of rotatable bonds is 8. The van der Waals surface area contributed by atoms with Crippen LogP contribution in [-0.2, 0) is 14.8 Å². The summed E-state index contributed by atoms with van der Waals surface area (Å²) in [6.45, 7) is 4.04. The lowest BCUT2D eigenvalue weighted by Gasteiger charge is -2.29. The fraction of sp³-hybridized carbons (Fsp3) is 0.562. The third-order valence-electron chi connectivity index (χ3n) is 4.00. The van der Waals surface area contributed by atoms with Crippen LogP contribution in [0.15, 0.2) is 27.6 Å². The Morgan fingerprint density at radius 2 is 2.08 bits per heavy atom. The number of morpholine rings is 1. The second-order valence-corrected chi connectivity index (χ2v) is 8.35. The van der Waals surface area contributed by atoms with Gasteiger partial charge in [-0.25, -0.2) is 8.42 Å². The molecular weight excluding hydrogens is 410 g/mol. The molecule has 0 saturated carbocycles. The Balaban J connectivity index is 2.16. The van der Waals surface area contributed by atoms with E-state index in [0.29, 0.717) is 36.5 Å². The molecule has 0 radical (unpaired) electrons. The number of sulfonamides is 1. The second kappa shape index (κ2) is 9.50. The molecule has 1 saturated heterocycles. The van der Waals surface area contributed by atoms with Crippen LogP contribution >= 0.6 is 15.9 Å². The summed E-state index contributed by atoms with van der Waals surface area (Å²) in [7, 11) is -2.16. The molecule has 9 heteroatoms. The van der Waals surface area contributed by atoms with Gasteiger partial charge in [0, 0.05) is 39.1 Å². The number of nitriles is 1. The molecule has 0 amide bonds. The van der Waals surface area contributed by atoms with Crippen molar-refractivity contribution in [2.45, 2.75) is 11.3 Å². The summed E-state index contributed by atoms with van der Waals surface area (Å²) in [5.74, 6) is 0.566. The fourth-order valence-corrected chi connectivity index (χ4v) is 4.71. The largest absolute Gasteiger partial charge is 0.496 e. The van der Waals surface area contributed by atoms with Crippen LogP contribution in [0.4, 0.5) is 0 Å². The Morgan fingerprint density at radius 3 is 2.68 bits per heavy atom. The van der Waals surface area contributed by atoms with Gasteiger partial charge in [0.15, 0.2) is 0 Å². The number of nitrogens with zero attached hydrogens (tertiary/aromatic N) is 3. The number of halogens is 1. The summed E-state index contributed by atoms with van der Waals surface area (Å²) in [5, 5.41) is 8.86. The normalized spacial score (nSPS) is 15.9. The van der Waals surface area contributed by atoms with Crippen molar-refractivity contribution in [3.63, 3.8) is 0 Å². The van der Waals surface area contributed by atoms with E-state index in [1.807, 2.05) is 6.07 Å². The Kier molecular flexibility index (Phi) is 7.65. The Morgan fingerprint density at radius 1 is 1.36 bits per heavy atom. The quantitative estimate of drug-likeness (QED) is 0.622. The molecule has 1 heterocycles. The zero-order chi connectivity index (χ0) is 18.3. The van der Waals surface area contributed by atoms with Gasteiger partial charge in [-0.3, -0.25) is 4.90 Å². The van der Waals surface area contributed by atoms with Crippen LogP contribution in [0.25, 0.3) is 0 Å². The predicted octanol–water partition coefficient (Wildman–Crippen LogP) is 1.69. The van der Waals surface area contributed by atoms with E-state index < -0.39 is 10.0 Å². The first-order valence-electron chi connectivity index (χ1n) is 8.00. The molecular formula is C16H22BrN3O4S. The molecule has 0 bridgehead atoms. The topological polar surface area (TPSA) is 82.9 Å². The number of ether oxygens (including phenoxy) is 2. The Labute approximate surface area is 157 Å². The second-order valence-electron chi connectivity index (χ2n) is 5.56. The van der Waals surface area contributed by atoms with Gasteiger partial charge in [0.1, 0.15) is 5.75 Å². The van der Waals surface area contributed by atoms with Crippen molar-refractivity contribution in [2.24, 2.45) is 0 Å². The monoisotopic (exact) mass is 431 g/mol. The summed E-state index contributed by atoms with van der Waals surface area (Å²) >= 11 is 3.32. The predicted molar refractivity (Wildman–Crippen MR) is 96.9 cm³/mol. The van der Waals surface area contributed by atoms with Crippen molar-refractivity contribution < 1.29 is 17.9 Å². The molecule has 0 N–H and O–H groups in total. The van der Waals surface area contributed by atoms with E-state index in [-0.39, 0.29) is 17.9 Å². The van der Waals surface area contributed by atoms with Gasteiger partial charge in [-0.15, -0.1) is 0 Å². The van der Waals surface area contributed by atoms with Gasteiger partial charge in [0.2, 0.25) is 10.0 Å². The molecule has 1 aliphatic heterocycles. The van der Waals surface area contributed by atoms with Gasteiger partial charge in [-0.2, -0.15) is 9.57 Å². The smallest absolute Gasteiger partial charge is 0.243 e. The van der Waals surface area contributed by atoms with E-state index in [1.54, 1.807) is 6.07 Å². The first kappa shape index (κ1) is 20.1. The van der Waals surface area contributed by atoms with Crippen molar-refractivity contribution in [3.8, 4) is 11.8 Å². The molecule has 25 heavy (non-hydrogen) atoms. The Bertz CT molecular complexity index is 715. The molecule has 0 atom stereocenters. The summed E-state index contributed by atoms with van der Waals surface area (Å²) < 4.78 is 38.4. The summed E-state index contributed by atoms with van der Waals surface area (Å²) in [4.78, 5) is 2.35. The highest BCUT2D eigenvalue weighted by atomic mass is 79.9. The van der Waals surface area contributed by atoms with Crippen LogP contribution in [0.1, 0.15) is 6.42 Å². The van der Waals surface area contributed by atoms with E-state index >= 15 is 0 Å². The molecule has 0 aliphatic carbocycles. The summed E-state index contributed by atoms with van der Waals surface area (Å²) in [5.41, 5.74) is 0. The minimum absolute atomic E-state index is 0.152. The standard InChI is InChI=1S/C16H22BrN3O4S/c1-23-16-4-3-14(13-15(16)17)25(21,22)20(6-2-5-18)8-7-19-9-11-24-12-10-19/h3-4,13H,2,6-12H2,1H3. The van der Waals surface area contributed by atoms with Crippen molar-refractivity contribution >= 4 is 26.0 Å². The van der Waals surface area contributed by atoms with Crippen LogP contribution in [0.3, 0.4) is 0 Å². The molecule has 1 fully saturated rings. The minimum atomic E-state index is -3.68. The van der Waals surface area contributed by atoms with E-state index in [4.69, 9.17) is 14.7 Å². The lowest BCUT2D eigenvalue weighted by Crippen LogP contribution is -2.43. The van der Waals surface area contributed by atoms with Crippen LogP contribution in [0, 0.1) is 11.3 Å². The number of hydrogen-bond donors (Lipinski definition) is 0. The molecule has 1 aliphatic rings. The average molecular weight is 432 g/mol. The number of benzene rings is 1. The van der Waals surface area contributed by atoms with Crippen LogP contribution in [0.5, 0.6) is 5.75 Å². The van der Waals surface area contributed by atoms with Crippen molar-refractivity contribution in [3.05, 3.63) is 22.7 Å². The third-order valence-corrected chi connectivity index (χ3v) is 6.52. The maximum Gasteiger partial charge on any atom is 0.243 e. The highest BCUT2D eigenvalue weighted by Gasteiger charge is 2.25. The number of hydrogen-bond acceptors (Lipinski definition) is 6. The molecule has 2 rings (SSSR count). The zero-order valence-electron chi connectivity index (χ0n) is 14.1. The summed E-state index contributed by atoms with van der Waals surface area (Å²) in [6.07, 6.45) is 0.152. The molecule has 7 nitrogen and oxygen atoms in total. The highest BCUT2D eigenvalue weighted by molar-refractivity contribution is 9.10. The molecule has 1 aromatic carbocycles. The minimum Gasteiger partial charge on any atom is -0.496 e. The van der Waals surface area contributed by atoms with E-state index in [2.05, 4.69) is 20.8 Å². The summed E-state index contributed by atoms with van der Waals surface area (Å²) in [6, 6.07) is 6.68. The first-order valence-corrected chi connectivity index (χ1v) is 10.2. The number of methoxy groups -OCH3 is 1. The van der Waals surface area contributed by atoms with Crippen molar-refractivity contribution in [1.82, 2.24) is 9.21 Å². The highest BCUT2D eigenvalue weighted by Crippen LogP contribution is 2.28. The van der Waals surface area contributed by atoms with Crippen LogP contribution < -0.4 is 4.74 Å². The third kappa shape index (κ3) is 5.39. The fourth-order valence-electron chi connectivity index (χ4n) is 2.56. The van der Waals surface area contributed by atoms with Gasteiger partial charge in [-0.1, -0.05) is 0 Å². The van der Waals surface area contributed by atoms with E-state index in [0.717, 1.165) is 13.1 Å². The maximum atomic E-state index is 13.0. The van der Waals surface area contributed by atoms with Gasteiger partial charge in [0.25, 0.3) is 0 Å². The lowest BCUT2D eigenvalue weighted by molar-refractivity contribution is 0.0363. The van der Waals surface area contributed by atoms with Crippen molar-refractivity contribution in [1.29, 1.82) is 5.26 Å². The van der Waals surface area contributed by atoms with E-state index in [9.17, 15) is 8.42 Å². The first-order chi connectivity index (χ1) is 12.0. The van der Waals surface area contributed by atoms with E-state index in [1.165, 1.54) is 23.5 Å². The average Bonchev–Trinajstić information content (AvgIpc) is 2.62. The molecule has 1 aromatic rings. The van der Waals surface area contributed by atoms with Gasteiger partial charge in [0.05, 0.1) is 35.8 Å². The molecule has 0 spiro atoms. The van der Waals surface area contributed by atoms with Gasteiger partial charge < -0.3 is 9.47 Å². The molecule has 0 unspecified atom stereocenters. The van der Waals surface area contributed by atoms with Crippen LogP contribution in [-0.4, -0.2) is 70.7 Å². The SMILES string of the molecule is COc1ccc(S(=O)(=O)N(CCC#N)CCN2CCOCC2)cc1Br. The van der Waals surface area contributed by atoms with Crippen LogP contribution in [0.2, 0.25) is 0 Å². The Hall–Kier alpha value is -1.18. The van der Waals surface area contributed by atoms with Gasteiger partial charge in [-0.05, 0) is 34.1 Å². The van der Waals surface area contributed by atoms with Gasteiger partial charge >= 0.3 is 0 Å². The van der Waals surface area contributed by atoms with Crippen molar-refractivity contribution in [2.75, 3.05) is 53.0 Å². The molecule has 138 valence electrons. The maximum absolute atomic E-state index is 13.0. The lowest BCUT2D eigenvalue weighted by atomic mass is 10.3. The zero-order valence-corrected chi connectivity index (χ0v) is 16.6.